The van der Waals surface area contributed by atoms with Gasteiger partial charge in [-0.25, -0.2) is 4.79 Å². The predicted octanol–water partition coefficient (Wildman–Crippen LogP) is 3.32. The zero-order valence-corrected chi connectivity index (χ0v) is 11.4. The highest BCUT2D eigenvalue weighted by Crippen LogP contribution is 2.32. The summed E-state index contributed by atoms with van der Waals surface area (Å²) in [7, 11) is 0. The highest BCUT2D eigenvalue weighted by molar-refractivity contribution is 7.14. The topological polar surface area (TPSA) is 66.4 Å². The molecule has 98 valence electrons. The summed E-state index contributed by atoms with van der Waals surface area (Å²) in [6.45, 7) is 3.64. The molecule has 0 saturated carbocycles. The van der Waals surface area contributed by atoms with Gasteiger partial charge in [-0.2, -0.15) is 0 Å². The fourth-order valence-corrected chi connectivity index (χ4v) is 2.66. The van der Waals surface area contributed by atoms with Crippen molar-refractivity contribution in [2.75, 3.05) is 5.32 Å². The average molecular weight is 275 g/mol. The number of amides is 1. The maximum Gasteiger partial charge on any atom is 0.348 e. The smallest absolute Gasteiger partial charge is 0.348 e. The monoisotopic (exact) mass is 275 g/mol. The molecule has 0 bridgehead atoms. The van der Waals surface area contributed by atoms with Gasteiger partial charge in [-0.05, 0) is 31.5 Å². The molecular formula is C14H13NO3S. The molecule has 0 unspecified atom stereocenters. The Labute approximate surface area is 114 Å². The van der Waals surface area contributed by atoms with E-state index in [2.05, 4.69) is 5.32 Å². The van der Waals surface area contributed by atoms with Crippen molar-refractivity contribution in [3.8, 4) is 0 Å². The number of benzene rings is 1. The molecule has 2 rings (SSSR count). The van der Waals surface area contributed by atoms with E-state index in [1.165, 1.54) is 11.3 Å². The Kier molecular flexibility index (Phi) is 3.66. The Bertz CT molecular complexity index is 632. The molecule has 2 aromatic rings. The normalized spacial score (nSPS) is 10.2. The molecular weight excluding hydrogens is 262 g/mol. The lowest BCUT2D eigenvalue weighted by Crippen LogP contribution is -2.14. The van der Waals surface area contributed by atoms with Crippen LogP contribution >= 0.6 is 11.3 Å². The number of nitrogens with one attached hydrogen (secondary N) is 1. The summed E-state index contributed by atoms with van der Waals surface area (Å²) in [5, 5.41) is 11.8. The highest BCUT2D eigenvalue weighted by Gasteiger charge is 2.20. The van der Waals surface area contributed by atoms with Crippen molar-refractivity contribution in [3.05, 3.63) is 51.2 Å². The van der Waals surface area contributed by atoms with Gasteiger partial charge in [0.2, 0.25) is 0 Å². The number of hydrogen-bond acceptors (Lipinski definition) is 3. The lowest BCUT2D eigenvalue weighted by molar-refractivity contribution is 0.0703. The summed E-state index contributed by atoms with van der Waals surface area (Å²) in [5.74, 6) is -1.33. The summed E-state index contributed by atoms with van der Waals surface area (Å²) >= 11 is 1.17. The van der Waals surface area contributed by atoms with Crippen LogP contribution in [0.1, 0.15) is 30.5 Å². The molecule has 19 heavy (non-hydrogen) atoms. The van der Waals surface area contributed by atoms with E-state index in [0.717, 1.165) is 10.4 Å². The maximum atomic E-state index is 12.1. The minimum absolute atomic E-state index is 0.166. The molecule has 1 aromatic carbocycles. The van der Waals surface area contributed by atoms with Gasteiger partial charge in [0, 0.05) is 10.4 Å². The molecule has 1 amide bonds. The van der Waals surface area contributed by atoms with E-state index in [1.54, 1.807) is 31.2 Å². The molecule has 0 aliphatic carbocycles. The van der Waals surface area contributed by atoms with Crippen molar-refractivity contribution in [2.45, 2.75) is 13.8 Å². The predicted molar refractivity (Wildman–Crippen MR) is 75.1 cm³/mol. The van der Waals surface area contributed by atoms with Crippen LogP contribution in [0.25, 0.3) is 0 Å². The van der Waals surface area contributed by atoms with Crippen molar-refractivity contribution in [2.24, 2.45) is 0 Å². The summed E-state index contributed by atoms with van der Waals surface area (Å²) in [4.78, 5) is 24.3. The molecule has 5 heteroatoms. The van der Waals surface area contributed by atoms with Crippen molar-refractivity contribution in [3.63, 3.8) is 0 Å². The second-order valence-electron chi connectivity index (χ2n) is 4.11. The molecule has 2 N–H and O–H groups in total. The third-order valence-electron chi connectivity index (χ3n) is 2.85. The fourth-order valence-electron chi connectivity index (χ4n) is 1.70. The van der Waals surface area contributed by atoms with Crippen LogP contribution in [0.4, 0.5) is 5.69 Å². The van der Waals surface area contributed by atoms with Gasteiger partial charge in [0.25, 0.3) is 5.91 Å². The largest absolute Gasteiger partial charge is 0.477 e. The second kappa shape index (κ2) is 5.24. The number of carboxylic acid groups (broad SMARTS) is 1. The van der Waals surface area contributed by atoms with Gasteiger partial charge in [-0.3, -0.25) is 4.79 Å². The van der Waals surface area contributed by atoms with Crippen LogP contribution in [-0.2, 0) is 0 Å². The van der Waals surface area contributed by atoms with E-state index in [4.69, 9.17) is 5.11 Å². The van der Waals surface area contributed by atoms with Crippen LogP contribution in [0, 0.1) is 13.8 Å². The molecule has 0 radical (unpaired) electrons. The number of rotatable bonds is 3. The fraction of sp³-hybridized carbons (Fsp3) is 0.143. The second-order valence-corrected chi connectivity index (χ2v) is 5.34. The van der Waals surface area contributed by atoms with E-state index in [-0.39, 0.29) is 10.8 Å². The van der Waals surface area contributed by atoms with Crippen LogP contribution < -0.4 is 5.32 Å². The number of aromatic carboxylic acids is 1. The summed E-state index contributed by atoms with van der Waals surface area (Å²) in [6, 6.07) is 8.71. The third kappa shape index (κ3) is 2.66. The van der Waals surface area contributed by atoms with Crippen LogP contribution in [0.5, 0.6) is 0 Å². The van der Waals surface area contributed by atoms with Crippen molar-refractivity contribution < 1.29 is 14.7 Å². The number of carbonyl (C=O) groups is 2. The number of carboxylic acids is 1. The minimum Gasteiger partial charge on any atom is -0.477 e. The standard InChI is InChI=1S/C14H13NO3S/c1-8-9(2)19-12(14(17)18)11(8)15-13(16)10-6-4-3-5-7-10/h3-7H,1-2H3,(H,15,16)(H,17,18). The molecule has 0 fully saturated rings. The van der Waals surface area contributed by atoms with E-state index in [1.807, 2.05) is 13.0 Å². The van der Waals surface area contributed by atoms with Gasteiger partial charge in [-0.15, -0.1) is 11.3 Å². The number of hydrogen-bond donors (Lipinski definition) is 2. The van der Waals surface area contributed by atoms with Crippen molar-refractivity contribution in [1.82, 2.24) is 0 Å². The van der Waals surface area contributed by atoms with Gasteiger partial charge >= 0.3 is 5.97 Å². The van der Waals surface area contributed by atoms with Gasteiger partial charge in [0.1, 0.15) is 4.88 Å². The van der Waals surface area contributed by atoms with E-state index < -0.39 is 5.97 Å². The first-order valence-electron chi connectivity index (χ1n) is 5.70. The van der Waals surface area contributed by atoms with E-state index in [0.29, 0.717) is 11.3 Å². The number of anilines is 1. The average Bonchev–Trinajstić information content (AvgIpc) is 2.68. The van der Waals surface area contributed by atoms with Crippen molar-refractivity contribution in [1.29, 1.82) is 0 Å². The lowest BCUT2D eigenvalue weighted by Gasteiger charge is -2.06. The molecule has 0 atom stereocenters. The first-order chi connectivity index (χ1) is 9.00. The lowest BCUT2D eigenvalue weighted by atomic mass is 10.2. The maximum absolute atomic E-state index is 12.1. The van der Waals surface area contributed by atoms with Crippen LogP contribution in [-0.4, -0.2) is 17.0 Å². The molecule has 1 aromatic heterocycles. The van der Waals surface area contributed by atoms with E-state index >= 15 is 0 Å². The zero-order valence-electron chi connectivity index (χ0n) is 10.6. The summed E-state index contributed by atoms with van der Waals surface area (Å²) in [6.07, 6.45) is 0. The van der Waals surface area contributed by atoms with Crippen LogP contribution in [0.2, 0.25) is 0 Å². The number of aryl methyl sites for hydroxylation is 1. The summed E-state index contributed by atoms with van der Waals surface area (Å²) < 4.78 is 0. The first-order valence-corrected chi connectivity index (χ1v) is 6.52. The molecule has 0 aliphatic rings. The molecule has 0 saturated heterocycles. The molecule has 1 heterocycles. The Morgan fingerprint density at radius 2 is 1.79 bits per heavy atom. The van der Waals surface area contributed by atoms with Crippen LogP contribution in [0.3, 0.4) is 0 Å². The Morgan fingerprint density at radius 1 is 1.16 bits per heavy atom. The molecule has 4 nitrogen and oxygen atoms in total. The van der Waals surface area contributed by atoms with Gasteiger partial charge in [-0.1, -0.05) is 18.2 Å². The number of carbonyl (C=O) groups excluding carboxylic acids is 1. The van der Waals surface area contributed by atoms with E-state index in [9.17, 15) is 9.59 Å². The van der Waals surface area contributed by atoms with Crippen LogP contribution in [0.15, 0.2) is 30.3 Å². The molecule has 0 aliphatic heterocycles. The summed E-state index contributed by atoms with van der Waals surface area (Å²) in [5.41, 5.74) is 1.69. The quantitative estimate of drug-likeness (QED) is 0.903. The van der Waals surface area contributed by atoms with Gasteiger partial charge in [0.05, 0.1) is 5.69 Å². The van der Waals surface area contributed by atoms with Gasteiger partial charge in [0.15, 0.2) is 0 Å². The SMILES string of the molecule is Cc1sc(C(=O)O)c(NC(=O)c2ccccc2)c1C. The third-order valence-corrected chi connectivity index (χ3v) is 4.05. The highest BCUT2D eigenvalue weighted by atomic mass is 32.1. The molecule has 0 spiro atoms. The Morgan fingerprint density at radius 3 is 2.37 bits per heavy atom. The minimum atomic E-state index is -1.02. The Hall–Kier alpha value is -2.14. The zero-order chi connectivity index (χ0) is 14.0. The Balaban J connectivity index is 2.34. The first kappa shape index (κ1) is 13.3. The number of thiophene rings is 1. The van der Waals surface area contributed by atoms with Gasteiger partial charge < -0.3 is 10.4 Å². The van der Waals surface area contributed by atoms with Crippen molar-refractivity contribution >= 4 is 28.9 Å².